The van der Waals surface area contributed by atoms with Gasteiger partial charge in [0.25, 0.3) is 0 Å². The van der Waals surface area contributed by atoms with E-state index in [4.69, 9.17) is 4.74 Å². The Morgan fingerprint density at radius 2 is 1.83 bits per heavy atom. The molecule has 1 aliphatic carbocycles. The molecular weight excluding hydrogens is 394 g/mol. The third-order valence-corrected chi connectivity index (χ3v) is 4.91. The number of halogens is 1. The maximum absolute atomic E-state index is 12.3. The second-order valence-electron chi connectivity index (χ2n) is 7.49. The van der Waals surface area contributed by atoms with E-state index in [1.54, 1.807) is 6.92 Å². The van der Waals surface area contributed by atoms with Crippen LogP contribution in [0.25, 0.3) is 0 Å². The molecule has 1 fully saturated rings. The number of ketones is 2. The summed E-state index contributed by atoms with van der Waals surface area (Å²) in [6.45, 7) is 8.75. The first kappa shape index (κ1) is 22.9. The number of ether oxygens (including phenoxy) is 1. The topological polar surface area (TPSA) is 79.0 Å². The summed E-state index contributed by atoms with van der Waals surface area (Å²) in [4.78, 5) is 40.3. The van der Waals surface area contributed by atoms with Crippen LogP contribution in [0.4, 0.5) is 5.69 Å². The molecule has 1 aromatic rings. The molecule has 1 amide bonds. The minimum absolute atomic E-state index is 0. The number of nitrogens with zero attached hydrogens (tertiary/aromatic N) is 2. The first-order valence-electron chi connectivity index (χ1n) is 9.64. The number of anilines is 1. The van der Waals surface area contributed by atoms with Gasteiger partial charge in [0.05, 0.1) is 18.3 Å². The van der Waals surface area contributed by atoms with Crippen LogP contribution < -0.4 is 15.0 Å². The normalized spacial score (nSPS) is 19.8. The number of carbonyl (C=O) groups is 3. The van der Waals surface area contributed by atoms with Gasteiger partial charge in [-0.15, -0.1) is 12.4 Å². The Balaban J connectivity index is 0.00000300. The van der Waals surface area contributed by atoms with Gasteiger partial charge in [0.15, 0.2) is 17.6 Å². The Morgan fingerprint density at radius 3 is 2.41 bits per heavy atom. The van der Waals surface area contributed by atoms with Crippen molar-refractivity contribution in [3.05, 3.63) is 35.9 Å². The van der Waals surface area contributed by atoms with E-state index < -0.39 is 6.04 Å². The van der Waals surface area contributed by atoms with Crippen LogP contribution in [0.3, 0.4) is 0 Å². The molecule has 0 aromatic heterocycles. The number of carbonyl (C=O) groups excluding carboxylic acids is 3. The van der Waals surface area contributed by atoms with Gasteiger partial charge in [-0.05, 0) is 44.6 Å². The first-order chi connectivity index (χ1) is 13.3. The van der Waals surface area contributed by atoms with E-state index in [1.807, 2.05) is 43.0 Å². The highest BCUT2D eigenvalue weighted by Gasteiger charge is 2.34. The van der Waals surface area contributed by atoms with Gasteiger partial charge in [-0.3, -0.25) is 19.3 Å². The molecule has 158 valence electrons. The maximum Gasteiger partial charge on any atom is 0.235 e. The number of rotatable bonds is 6. The largest absolute Gasteiger partial charge is 0.489 e. The Labute approximate surface area is 177 Å². The molecule has 1 aromatic carbocycles. The van der Waals surface area contributed by atoms with Crippen LogP contribution in [-0.2, 0) is 14.4 Å². The number of piperazine rings is 1. The number of benzene rings is 1. The minimum atomic E-state index is -1.05. The average Bonchev–Trinajstić information content (AvgIpc) is 2.88. The van der Waals surface area contributed by atoms with Crippen molar-refractivity contribution < 1.29 is 19.1 Å². The van der Waals surface area contributed by atoms with Crippen LogP contribution in [-0.4, -0.2) is 67.2 Å². The second-order valence-corrected chi connectivity index (χ2v) is 7.49. The smallest absolute Gasteiger partial charge is 0.235 e. The third-order valence-electron chi connectivity index (χ3n) is 4.91. The fourth-order valence-corrected chi connectivity index (χ4v) is 3.49. The molecule has 1 heterocycles. The van der Waals surface area contributed by atoms with E-state index in [2.05, 4.69) is 10.2 Å². The van der Waals surface area contributed by atoms with Crippen LogP contribution in [0, 0.1) is 0 Å². The van der Waals surface area contributed by atoms with Gasteiger partial charge in [-0.25, -0.2) is 0 Å². The molecule has 29 heavy (non-hydrogen) atoms. The molecule has 0 saturated carbocycles. The molecule has 7 nitrogen and oxygen atoms in total. The summed E-state index contributed by atoms with van der Waals surface area (Å²) in [7, 11) is 0. The van der Waals surface area contributed by atoms with Crippen molar-refractivity contribution in [3.8, 4) is 5.75 Å². The summed E-state index contributed by atoms with van der Waals surface area (Å²) in [6, 6.07) is 6.93. The summed E-state index contributed by atoms with van der Waals surface area (Å²) < 4.78 is 5.90. The van der Waals surface area contributed by atoms with E-state index >= 15 is 0 Å². The lowest BCUT2D eigenvalue weighted by Gasteiger charge is -2.36. The summed E-state index contributed by atoms with van der Waals surface area (Å²) in [5, 5.41) is 2.56. The van der Waals surface area contributed by atoms with E-state index in [9.17, 15) is 14.4 Å². The quantitative estimate of drug-likeness (QED) is 0.703. The van der Waals surface area contributed by atoms with Crippen molar-refractivity contribution in [1.82, 2.24) is 10.2 Å². The van der Waals surface area contributed by atoms with E-state index in [0.29, 0.717) is 18.7 Å². The molecule has 3 rings (SSSR count). The zero-order valence-corrected chi connectivity index (χ0v) is 17.8. The lowest BCUT2D eigenvalue weighted by molar-refractivity contribution is -0.131. The molecule has 1 unspecified atom stereocenters. The fraction of sp³-hybridized carbons (Fsp3) is 0.476. The van der Waals surface area contributed by atoms with Crippen molar-refractivity contribution in [2.45, 2.75) is 32.9 Å². The van der Waals surface area contributed by atoms with Gasteiger partial charge in [0.1, 0.15) is 5.75 Å². The Hall–Kier alpha value is -2.38. The van der Waals surface area contributed by atoms with Crippen LogP contribution in [0.1, 0.15) is 20.8 Å². The third kappa shape index (κ3) is 5.58. The van der Waals surface area contributed by atoms with E-state index in [0.717, 1.165) is 24.5 Å². The molecule has 1 saturated heterocycles. The van der Waals surface area contributed by atoms with Gasteiger partial charge in [-0.2, -0.15) is 0 Å². The number of Topliss-reactive ketones (excluding diaryl/α,β-unsaturated/α-hetero) is 1. The van der Waals surface area contributed by atoms with Crippen LogP contribution in [0.5, 0.6) is 5.75 Å². The number of nitrogens with one attached hydrogen (secondary N) is 1. The summed E-state index contributed by atoms with van der Waals surface area (Å²) in [6.07, 6.45) is 1.40. The summed E-state index contributed by atoms with van der Waals surface area (Å²) in [5.74, 6) is -0.0935. The Morgan fingerprint density at radius 1 is 1.17 bits per heavy atom. The molecule has 2 aliphatic rings. The monoisotopic (exact) mass is 421 g/mol. The SMILES string of the molecule is CC1=CC(=O)C(NC(=O)CN2CCN(c3ccccc3OC(C)C)CC2)C1=O.Cl. The zero-order chi connectivity index (χ0) is 20.3. The van der Waals surface area contributed by atoms with E-state index in [-0.39, 0.29) is 42.5 Å². The molecule has 0 spiro atoms. The van der Waals surface area contributed by atoms with Gasteiger partial charge in [-0.1, -0.05) is 12.1 Å². The number of amides is 1. The number of hydrogen-bond donors (Lipinski definition) is 1. The zero-order valence-electron chi connectivity index (χ0n) is 17.0. The van der Waals surface area contributed by atoms with Gasteiger partial charge < -0.3 is 15.0 Å². The fourth-order valence-electron chi connectivity index (χ4n) is 3.49. The van der Waals surface area contributed by atoms with Crippen molar-refractivity contribution in [1.29, 1.82) is 0 Å². The highest BCUT2D eigenvalue weighted by molar-refractivity contribution is 6.25. The van der Waals surface area contributed by atoms with Crippen LogP contribution in [0.2, 0.25) is 0 Å². The molecule has 8 heteroatoms. The Kier molecular flexibility index (Phi) is 7.81. The second kappa shape index (κ2) is 9.89. The highest BCUT2D eigenvalue weighted by Crippen LogP contribution is 2.29. The highest BCUT2D eigenvalue weighted by atomic mass is 35.5. The predicted octanol–water partition coefficient (Wildman–Crippen LogP) is 1.60. The lowest BCUT2D eigenvalue weighted by atomic mass is 10.1. The number of hydrogen-bond acceptors (Lipinski definition) is 6. The van der Waals surface area contributed by atoms with Gasteiger partial charge in [0.2, 0.25) is 5.91 Å². The maximum atomic E-state index is 12.3. The standard InChI is InChI=1S/C21H27N3O4.ClH/c1-14(2)28-18-7-5-4-6-16(18)24-10-8-23(9-11-24)13-19(26)22-20-17(25)12-15(3)21(20)27;/h4-7,12,14,20H,8-11,13H2,1-3H3,(H,22,26);1H. The number of para-hydroxylation sites is 2. The van der Waals surface area contributed by atoms with Crippen molar-refractivity contribution >= 4 is 35.6 Å². The molecule has 0 bridgehead atoms. The molecule has 1 N–H and O–H groups in total. The Bertz CT molecular complexity index is 801. The summed E-state index contributed by atoms with van der Waals surface area (Å²) in [5.41, 5.74) is 1.45. The van der Waals surface area contributed by atoms with Gasteiger partial charge >= 0.3 is 0 Å². The lowest BCUT2D eigenvalue weighted by Crippen LogP contribution is -2.52. The van der Waals surface area contributed by atoms with Crippen LogP contribution in [0.15, 0.2) is 35.9 Å². The van der Waals surface area contributed by atoms with E-state index in [1.165, 1.54) is 6.08 Å². The van der Waals surface area contributed by atoms with Crippen molar-refractivity contribution in [2.75, 3.05) is 37.6 Å². The van der Waals surface area contributed by atoms with Gasteiger partial charge in [0, 0.05) is 26.2 Å². The summed E-state index contributed by atoms with van der Waals surface area (Å²) >= 11 is 0. The predicted molar refractivity (Wildman–Crippen MR) is 114 cm³/mol. The average molecular weight is 422 g/mol. The van der Waals surface area contributed by atoms with Crippen molar-refractivity contribution in [3.63, 3.8) is 0 Å². The molecule has 1 atom stereocenters. The minimum Gasteiger partial charge on any atom is -0.489 e. The van der Waals surface area contributed by atoms with Crippen LogP contribution >= 0.6 is 12.4 Å². The molecular formula is C21H28ClN3O4. The van der Waals surface area contributed by atoms with Crippen molar-refractivity contribution in [2.24, 2.45) is 0 Å². The first-order valence-corrected chi connectivity index (χ1v) is 9.64. The molecule has 1 aliphatic heterocycles. The molecule has 0 radical (unpaired) electrons.